The Balaban J connectivity index is 2.28. The molecule has 0 aromatic carbocycles. The minimum absolute atomic E-state index is 0.0140. The lowest BCUT2D eigenvalue weighted by Crippen LogP contribution is -2.24. The third-order valence-corrected chi connectivity index (χ3v) is 4.99. The van der Waals surface area contributed by atoms with Crippen LogP contribution >= 0.6 is 28.4 Å². The lowest BCUT2D eigenvalue weighted by molar-refractivity contribution is -0.145. The van der Waals surface area contributed by atoms with Gasteiger partial charge in [0.25, 0.3) is 0 Å². The molecule has 2 rings (SSSR count). The summed E-state index contributed by atoms with van der Waals surface area (Å²) in [5.41, 5.74) is 3.68. The van der Waals surface area contributed by atoms with E-state index in [9.17, 15) is 4.79 Å². The van der Waals surface area contributed by atoms with Gasteiger partial charge in [0.1, 0.15) is 0 Å². The number of aryl methyl sites for hydroxylation is 1. The summed E-state index contributed by atoms with van der Waals surface area (Å²) in [4.78, 5) is 11.5. The summed E-state index contributed by atoms with van der Waals surface area (Å²) in [7, 11) is 1.46. The van der Waals surface area contributed by atoms with Crippen molar-refractivity contribution in [1.29, 1.82) is 0 Å². The van der Waals surface area contributed by atoms with E-state index in [1.165, 1.54) is 18.4 Å². The van der Waals surface area contributed by atoms with Gasteiger partial charge in [-0.3, -0.25) is 4.79 Å². The first-order chi connectivity index (χ1) is 7.67. The monoisotopic (exact) mass is 352 g/mol. The Morgan fingerprint density at radius 3 is 3.06 bits per heavy atom. The van der Waals surface area contributed by atoms with Crippen LogP contribution in [0.25, 0.3) is 0 Å². The molecule has 0 fully saturated rings. The van der Waals surface area contributed by atoms with E-state index in [0.29, 0.717) is 6.37 Å². The Labute approximate surface area is 109 Å². The highest BCUT2D eigenvalue weighted by atomic mass is 127. The maximum absolute atomic E-state index is 11.5. The van der Waals surface area contributed by atoms with Crippen LogP contribution in [0.3, 0.4) is 0 Å². The normalized spacial score (nSPS) is 20.1. The van der Waals surface area contributed by atoms with Crippen molar-refractivity contribution in [3.8, 4) is 0 Å². The molecule has 1 aliphatic rings. The van der Waals surface area contributed by atoms with Crippen molar-refractivity contribution in [2.75, 3.05) is 7.11 Å². The van der Waals surface area contributed by atoms with Gasteiger partial charge in [0.2, 0.25) is 0 Å². The van der Waals surface area contributed by atoms with E-state index >= 15 is 0 Å². The quantitative estimate of drug-likeness (QED) is 0.466. The Morgan fingerprint density at radius 1 is 1.69 bits per heavy atom. The standard InChI is InChI=1S/C10H14IN2O2P/c1-6-8-4-3-7(10(14)15-2)5-9(8)13(12-6)16-11/h7,16H,3-5H2,1-2H3. The number of methoxy groups -OCH3 is 1. The van der Waals surface area contributed by atoms with Gasteiger partial charge in [-0.2, -0.15) is 5.10 Å². The molecule has 0 radical (unpaired) electrons. The van der Waals surface area contributed by atoms with Gasteiger partial charge in [-0.1, -0.05) is 0 Å². The van der Waals surface area contributed by atoms with Gasteiger partial charge in [0.05, 0.1) is 25.1 Å². The predicted octanol–water partition coefficient (Wildman–Crippen LogP) is 2.26. The van der Waals surface area contributed by atoms with Crippen LogP contribution in [-0.4, -0.2) is 22.6 Å². The second kappa shape index (κ2) is 5.00. The Hall–Kier alpha value is -0.160. The molecule has 0 aliphatic heterocycles. The van der Waals surface area contributed by atoms with E-state index in [1.807, 2.05) is 11.4 Å². The van der Waals surface area contributed by atoms with E-state index < -0.39 is 0 Å². The second-order valence-electron chi connectivity index (χ2n) is 3.97. The molecule has 0 saturated carbocycles. The molecule has 1 aromatic rings. The number of ether oxygens (including phenoxy) is 1. The molecule has 1 aromatic heterocycles. The van der Waals surface area contributed by atoms with Gasteiger partial charge >= 0.3 is 5.97 Å². The maximum Gasteiger partial charge on any atom is 0.309 e. The maximum atomic E-state index is 11.5. The van der Waals surface area contributed by atoms with Crippen molar-refractivity contribution >= 4 is 34.4 Å². The second-order valence-corrected chi connectivity index (χ2v) is 6.01. The lowest BCUT2D eigenvalue weighted by atomic mass is 9.87. The van der Waals surface area contributed by atoms with Gasteiger partial charge in [-0.25, -0.2) is 4.45 Å². The number of fused-ring (bicyclic) bond motifs is 1. The number of aromatic nitrogens is 2. The van der Waals surface area contributed by atoms with E-state index in [-0.39, 0.29) is 11.9 Å². The predicted molar refractivity (Wildman–Crippen MR) is 72.2 cm³/mol. The number of esters is 1. The van der Waals surface area contributed by atoms with Gasteiger partial charge in [0.15, 0.2) is 0 Å². The topological polar surface area (TPSA) is 44.1 Å². The van der Waals surface area contributed by atoms with Crippen LogP contribution in [0.4, 0.5) is 0 Å². The summed E-state index contributed by atoms with van der Waals surface area (Å²) in [5.74, 6) is -0.0760. The first-order valence-corrected chi connectivity index (χ1v) is 9.25. The molecule has 6 heteroatoms. The molecular weight excluding hydrogens is 338 g/mol. The minimum Gasteiger partial charge on any atom is -0.469 e. The van der Waals surface area contributed by atoms with Crippen LogP contribution in [0.1, 0.15) is 23.4 Å². The Morgan fingerprint density at radius 2 is 2.44 bits per heavy atom. The lowest BCUT2D eigenvalue weighted by Gasteiger charge is -2.20. The largest absolute Gasteiger partial charge is 0.469 e. The van der Waals surface area contributed by atoms with Crippen molar-refractivity contribution in [1.82, 2.24) is 9.55 Å². The van der Waals surface area contributed by atoms with Crippen LogP contribution in [0.2, 0.25) is 0 Å². The highest BCUT2D eigenvalue weighted by Crippen LogP contribution is 2.34. The fraction of sp³-hybridized carbons (Fsp3) is 0.600. The molecule has 0 amide bonds. The zero-order chi connectivity index (χ0) is 11.7. The minimum atomic E-state index is -0.0900. The Bertz CT molecular complexity index is 419. The summed E-state index contributed by atoms with van der Waals surface area (Å²) in [6.45, 7) is 2.05. The summed E-state index contributed by atoms with van der Waals surface area (Å²) in [6, 6.07) is 0. The smallest absolute Gasteiger partial charge is 0.309 e. The highest BCUT2D eigenvalue weighted by molar-refractivity contribution is 14.2. The summed E-state index contributed by atoms with van der Waals surface area (Å²) >= 11 is 2.32. The molecule has 88 valence electrons. The van der Waals surface area contributed by atoms with Crippen molar-refractivity contribution in [3.63, 3.8) is 0 Å². The number of hydrogen-bond acceptors (Lipinski definition) is 3. The van der Waals surface area contributed by atoms with Crippen LogP contribution in [0.15, 0.2) is 0 Å². The third kappa shape index (κ3) is 2.12. The molecule has 1 aliphatic carbocycles. The van der Waals surface area contributed by atoms with E-state index in [1.54, 1.807) is 0 Å². The first-order valence-electron chi connectivity index (χ1n) is 5.19. The van der Waals surface area contributed by atoms with Crippen molar-refractivity contribution in [2.24, 2.45) is 5.92 Å². The summed E-state index contributed by atoms with van der Waals surface area (Å²) < 4.78 is 6.84. The number of hydrogen-bond donors (Lipinski definition) is 0. The zero-order valence-corrected chi connectivity index (χ0v) is 12.4. The first kappa shape index (κ1) is 12.3. The fourth-order valence-corrected chi connectivity index (χ4v) is 3.95. The van der Waals surface area contributed by atoms with Crippen molar-refractivity contribution < 1.29 is 9.53 Å². The SMILES string of the molecule is COC(=O)C1CCc2c(C)nn(PI)c2C1. The molecule has 0 saturated heterocycles. The number of carbonyl (C=O) groups is 1. The van der Waals surface area contributed by atoms with Gasteiger partial charge in [-0.05, 0) is 47.4 Å². The van der Waals surface area contributed by atoms with E-state index in [4.69, 9.17) is 4.74 Å². The summed E-state index contributed by atoms with van der Waals surface area (Å²) in [6.07, 6.45) is 3.21. The van der Waals surface area contributed by atoms with Crippen LogP contribution < -0.4 is 0 Å². The number of rotatable bonds is 2. The van der Waals surface area contributed by atoms with Gasteiger partial charge in [0, 0.05) is 12.1 Å². The van der Waals surface area contributed by atoms with Gasteiger partial charge in [-0.15, -0.1) is 0 Å². The number of halogens is 1. The number of nitrogens with zero attached hydrogens (tertiary/aromatic N) is 2. The van der Waals surface area contributed by atoms with Gasteiger partial charge < -0.3 is 4.74 Å². The molecule has 2 atom stereocenters. The molecule has 2 unspecified atom stereocenters. The van der Waals surface area contributed by atoms with Crippen molar-refractivity contribution in [3.05, 3.63) is 17.0 Å². The van der Waals surface area contributed by atoms with Crippen LogP contribution in [0.5, 0.6) is 0 Å². The van der Waals surface area contributed by atoms with E-state index in [2.05, 4.69) is 27.1 Å². The van der Waals surface area contributed by atoms with E-state index in [0.717, 1.165) is 25.0 Å². The molecular formula is C10H14IN2O2P. The number of carbonyl (C=O) groups excluding carboxylic acids is 1. The molecule has 0 spiro atoms. The highest BCUT2D eigenvalue weighted by Gasteiger charge is 2.29. The zero-order valence-electron chi connectivity index (χ0n) is 9.29. The molecule has 0 N–H and O–H groups in total. The fourth-order valence-electron chi connectivity index (χ4n) is 2.23. The summed E-state index contributed by atoms with van der Waals surface area (Å²) in [5, 5.41) is 4.50. The van der Waals surface area contributed by atoms with Crippen LogP contribution in [-0.2, 0) is 22.4 Å². The van der Waals surface area contributed by atoms with Crippen LogP contribution in [0, 0.1) is 12.8 Å². The molecule has 4 nitrogen and oxygen atoms in total. The van der Waals surface area contributed by atoms with Crippen molar-refractivity contribution in [2.45, 2.75) is 26.2 Å². The molecule has 16 heavy (non-hydrogen) atoms. The Kier molecular flexibility index (Phi) is 3.85. The third-order valence-electron chi connectivity index (χ3n) is 3.09. The molecule has 1 heterocycles. The molecule has 0 bridgehead atoms. The average Bonchev–Trinajstić information content (AvgIpc) is 2.64. The average molecular weight is 352 g/mol.